The van der Waals surface area contributed by atoms with Crippen molar-refractivity contribution in [3.05, 3.63) is 0 Å². The van der Waals surface area contributed by atoms with Crippen molar-refractivity contribution in [3.63, 3.8) is 0 Å². The molecule has 1 aliphatic carbocycles. The van der Waals surface area contributed by atoms with E-state index in [0.29, 0.717) is 0 Å². The third-order valence-corrected chi connectivity index (χ3v) is 3.82. The highest BCUT2D eigenvalue weighted by atomic mass is 16.8. The number of hydrogen-bond donors (Lipinski definition) is 1. The maximum Gasteiger partial charge on any atom is 0.187 e. The van der Waals surface area contributed by atoms with Gasteiger partial charge in [-0.25, -0.2) is 0 Å². The highest BCUT2D eigenvalue weighted by molar-refractivity contribution is 5.13. The summed E-state index contributed by atoms with van der Waals surface area (Å²) in [4.78, 5) is 0. The molecule has 3 rings (SSSR count). The van der Waals surface area contributed by atoms with Gasteiger partial charge in [0, 0.05) is 7.11 Å². The van der Waals surface area contributed by atoms with E-state index >= 15 is 0 Å². The lowest BCUT2D eigenvalue weighted by atomic mass is 9.73. The van der Waals surface area contributed by atoms with Crippen molar-refractivity contribution in [2.45, 2.75) is 62.7 Å². The van der Waals surface area contributed by atoms with Crippen LogP contribution in [0.5, 0.6) is 0 Å². The fraction of sp³-hybridized carbons (Fsp3) is 1.00. The summed E-state index contributed by atoms with van der Waals surface area (Å²) < 4.78 is 22.7. The molecule has 5 atom stereocenters. The van der Waals surface area contributed by atoms with Crippen molar-refractivity contribution in [3.8, 4) is 0 Å². The minimum atomic E-state index is -0.627. The number of methoxy groups -OCH3 is 1. The molecule has 16 heavy (non-hydrogen) atoms. The fourth-order valence-electron chi connectivity index (χ4n) is 2.93. The first kappa shape index (κ1) is 10.9. The molecule has 0 aromatic rings. The Kier molecular flexibility index (Phi) is 2.17. The maximum atomic E-state index is 9.91. The molecule has 1 saturated carbocycles. The monoisotopic (exact) mass is 230 g/mol. The average Bonchev–Trinajstić information content (AvgIpc) is 2.68. The zero-order valence-corrected chi connectivity index (χ0v) is 9.80. The summed E-state index contributed by atoms with van der Waals surface area (Å²) >= 11 is 0. The minimum Gasteiger partial charge on any atom is -0.390 e. The molecule has 0 aromatic carbocycles. The van der Waals surface area contributed by atoms with Gasteiger partial charge in [-0.05, 0) is 26.7 Å². The lowest BCUT2D eigenvalue weighted by molar-refractivity contribution is -0.289. The number of fused-ring (bicyclic) bond motifs is 2. The Morgan fingerprint density at radius 2 is 2.00 bits per heavy atom. The van der Waals surface area contributed by atoms with Crippen molar-refractivity contribution >= 4 is 0 Å². The Hall–Kier alpha value is -0.200. The molecule has 1 N–H and O–H groups in total. The fourth-order valence-corrected chi connectivity index (χ4v) is 2.93. The largest absolute Gasteiger partial charge is 0.390 e. The predicted molar refractivity (Wildman–Crippen MR) is 53.7 cm³/mol. The van der Waals surface area contributed by atoms with Gasteiger partial charge < -0.3 is 24.1 Å². The van der Waals surface area contributed by atoms with E-state index in [4.69, 9.17) is 18.9 Å². The Balaban J connectivity index is 1.89. The van der Waals surface area contributed by atoms with Gasteiger partial charge in [0.25, 0.3) is 0 Å². The molecule has 1 spiro atoms. The molecule has 5 heteroatoms. The van der Waals surface area contributed by atoms with Crippen LogP contribution in [-0.2, 0) is 18.9 Å². The second-order valence-electron chi connectivity index (χ2n) is 5.25. The lowest BCUT2D eigenvalue weighted by Crippen LogP contribution is -2.59. The molecule has 3 fully saturated rings. The van der Waals surface area contributed by atoms with Crippen molar-refractivity contribution in [1.29, 1.82) is 0 Å². The van der Waals surface area contributed by atoms with Gasteiger partial charge in [-0.15, -0.1) is 0 Å². The van der Waals surface area contributed by atoms with Crippen LogP contribution in [0.3, 0.4) is 0 Å². The van der Waals surface area contributed by atoms with Crippen LogP contribution in [0, 0.1) is 0 Å². The minimum absolute atomic E-state index is 0.226. The summed E-state index contributed by atoms with van der Waals surface area (Å²) in [5.74, 6) is -0.627. The Morgan fingerprint density at radius 1 is 1.25 bits per heavy atom. The lowest BCUT2D eigenvalue weighted by Gasteiger charge is -2.45. The SMILES string of the molecule is COC1O[C@@]2(CC[C@@H]2O)C2OC(C)(C)O[C@H]12. The number of hydrogen-bond acceptors (Lipinski definition) is 5. The third kappa shape index (κ3) is 1.23. The van der Waals surface area contributed by atoms with E-state index in [1.54, 1.807) is 7.11 Å². The summed E-state index contributed by atoms with van der Waals surface area (Å²) in [5, 5.41) is 9.91. The van der Waals surface area contributed by atoms with Crippen LogP contribution < -0.4 is 0 Å². The Morgan fingerprint density at radius 3 is 2.50 bits per heavy atom. The molecule has 92 valence electrons. The van der Waals surface area contributed by atoms with Gasteiger partial charge >= 0.3 is 0 Å². The van der Waals surface area contributed by atoms with Crippen molar-refractivity contribution in [2.24, 2.45) is 0 Å². The van der Waals surface area contributed by atoms with Crippen molar-refractivity contribution in [1.82, 2.24) is 0 Å². The summed E-state index contributed by atoms with van der Waals surface area (Å²) in [7, 11) is 1.58. The molecule has 2 saturated heterocycles. The van der Waals surface area contributed by atoms with Crippen LogP contribution in [0.2, 0.25) is 0 Å². The van der Waals surface area contributed by atoms with E-state index in [0.717, 1.165) is 12.8 Å². The summed E-state index contributed by atoms with van der Waals surface area (Å²) in [5.41, 5.74) is -0.612. The molecule has 0 bridgehead atoms. The third-order valence-electron chi connectivity index (χ3n) is 3.82. The average molecular weight is 230 g/mol. The summed E-state index contributed by atoms with van der Waals surface area (Å²) in [6, 6.07) is 0. The molecule has 0 amide bonds. The zero-order chi connectivity index (χ0) is 11.6. The van der Waals surface area contributed by atoms with Crippen LogP contribution in [0.25, 0.3) is 0 Å². The highest BCUT2D eigenvalue weighted by Gasteiger charge is 2.68. The summed E-state index contributed by atoms with van der Waals surface area (Å²) in [6.07, 6.45) is 0.170. The second kappa shape index (κ2) is 3.17. The van der Waals surface area contributed by atoms with E-state index in [1.807, 2.05) is 13.8 Å². The Labute approximate surface area is 94.6 Å². The van der Waals surface area contributed by atoms with Gasteiger partial charge in [-0.1, -0.05) is 0 Å². The van der Waals surface area contributed by atoms with E-state index in [9.17, 15) is 5.11 Å². The van der Waals surface area contributed by atoms with Crippen LogP contribution in [0.4, 0.5) is 0 Å². The molecule has 2 heterocycles. The topological polar surface area (TPSA) is 57.2 Å². The maximum absolute atomic E-state index is 9.91. The molecule has 3 aliphatic rings. The highest BCUT2D eigenvalue weighted by Crippen LogP contribution is 2.52. The van der Waals surface area contributed by atoms with Gasteiger partial charge in [-0.2, -0.15) is 0 Å². The smallest absolute Gasteiger partial charge is 0.187 e. The Bertz CT molecular complexity index is 305. The van der Waals surface area contributed by atoms with Gasteiger partial charge in [0.2, 0.25) is 0 Å². The second-order valence-corrected chi connectivity index (χ2v) is 5.25. The molecular weight excluding hydrogens is 212 g/mol. The van der Waals surface area contributed by atoms with Gasteiger partial charge in [-0.3, -0.25) is 0 Å². The van der Waals surface area contributed by atoms with Crippen LogP contribution in [-0.4, -0.2) is 48.2 Å². The van der Waals surface area contributed by atoms with E-state index < -0.39 is 23.8 Å². The first-order valence-electron chi connectivity index (χ1n) is 5.73. The molecule has 0 aromatic heterocycles. The molecule has 2 aliphatic heterocycles. The predicted octanol–water partition coefficient (Wildman–Crippen LogP) is 0.403. The molecule has 5 nitrogen and oxygen atoms in total. The van der Waals surface area contributed by atoms with Crippen molar-refractivity contribution in [2.75, 3.05) is 7.11 Å². The normalized spacial score (nSPS) is 54.0. The van der Waals surface area contributed by atoms with E-state index in [-0.39, 0.29) is 12.2 Å². The number of aliphatic hydroxyl groups excluding tert-OH is 1. The first-order valence-corrected chi connectivity index (χ1v) is 5.73. The standard InChI is InChI=1S/C11H18O5/c1-10(2)14-7-8(15-10)11(5-4-6(11)12)16-9(7)13-3/h6-9,12H,4-5H2,1-3H3/t6-,7-,8?,9?,11+/m0/s1. The first-order chi connectivity index (χ1) is 7.48. The molecule has 2 unspecified atom stereocenters. The van der Waals surface area contributed by atoms with Crippen LogP contribution in [0.15, 0.2) is 0 Å². The van der Waals surface area contributed by atoms with Gasteiger partial charge in [0.05, 0.1) is 6.10 Å². The number of rotatable bonds is 1. The number of aliphatic hydroxyl groups is 1. The van der Waals surface area contributed by atoms with Gasteiger partial charge in [0.15, 0.2) is 12.1 Å². The van der Waals surface area contributed by atoms with E-state index in [2.05, 4.69) is 0 Å². The molecule has 0 radical (unpaired) electrons. The van der Waals surface area contributed by atoms with Gasteiger partial charge in [0.1, 0.15) is 17.8 Å². The van der Waals surface area contributed by atoms with Crippen molar-refractivity contribution < 1.29 is 24.1 Å². The van der Waals surface area contributed by atoms with E-state index in [1.165, 1.54) is 0 Å². The summed E-state index contributed by atoms with van der Waals surface area (Å²) in [6.45, 7) is 3.74. The van der Waals surface area contributed by atoms with Crippen LogP contribution >= 0.6 is 0 Å². The van der Waals surface area contributed by atoms with Crippen LogP contribution in [0.1, 0.15) is 26.7 Å². The zero-order valence-electron chi connectivity index (χ0n) is 9.80. The number of ether oxygens (including phenoxy) is 4. The molecular formula is C11H18O5. The quantitative estimate of drug-likeness (QED) is 0.706.